The predicted molar refractivity (Wildman–Crippen MR) is 109 cm³/mol. The second-order valence-electron chi connectivity index (χ2n) is 6.41. The van der Waals surface area contributed by atoms with E-state index >= 15 is 0 Å². The van der Waals surface area contributed by atoms with Crippen LogP contribution in [0.5, 0.6) is 5.75 Å². The molecule has 0 saturated heterocycles. The van der Waals surface area contributed by atoms with Gasteiger partial charge in [-0.15, -0.1) is 0 Å². The molecule has 7 nitrogen and oxygen atoms in total. The van der Waals surface area contributed by atoms with Crippen molar-refractivity contribution in [3.63, 3.8) is 0 Å². The smallest absolute Gasteiger partial charge is 0.242 e. The first-order valence-electron chi connectivity index (χ1n) is 8.56. The first-order valence-corrected chi connectivity index (χ1v) is 10.8. The SMILES string of the molecule is COc1ccc(S(=O)(=O)NCc2nc(-c3ccc(C(C)C)cc3)no2)cc1Br. The Balaban J connectivity index is 1.70. The standard InChI is InChI=1S/C19H20BrN3O4S/c1-12(2)13-4-6-14(7-5-13)19-22-18(27-23-19)11-21-28(24,25)15-8-9-17(26-3)16(20)10-15/h4-10,12,21H,11H2,1-3H3. The third kappa shape index (κ3) is 4.60. The number of aromatic nitrogens is 2. The number of halogens is 1. The van der Waals surface area contributed by atoms with E-state index in [1.54, 1.807) is 6.07 Å². The molecule has 0 atom stereocenters. The first kappa shape index (κ1) is 20.5. The second kappa shape index (κ2) is 8.42. The third-order valence-corrected chi connectivity index (χ3v) is 6.17. The molecule has 1 heterocycles. The van der Waals surface area contributed by atoms with Gasteiger partial charge >= 0.3 is 0 Å². The largest absolute Gasteiger partial charge is 0.496 e. The van der Waals surface area contributed by atoms with Crippen molar-refractivity contribution in [1.82, 2.24) is 14.9 Å². The van der Waals surface area contributed by atoms with Crippen molar-refractivity contribution in [3.8, 4) is 17.1 Å². The molecule has 1 N–H and O–H groups in total. The minimum Gasteiger partial charge on any atom is -0.496 e. The lowest BCUT2D eigenvalue weighted by Gasteiger charge is -2.07. The van der Waals surface area contributed by atoms with Gasteiger partial charge in [0.1, 0.15) is 5.75 Å². The summed E-state index contributed by atoms with van der Waals surface area (Å²) >= 11 is 3.28. The second-order valence-corrected chi connectivity index (χ2v) is 9.03. The van der Waals surface area contributed by atoms with Crippen molar-refractivity contribution in [3.05, 3.63) is 58.4 Å². The van der Waals surface area contributed by atoms with E-state index in [1.165, 1.54) is 24.8 Å². The molecule has 3 aromatic rings. The number of hydrogen-bond acceptors (Lipinski definition) is 6. The van der Waals surface area contributed by atoms with Gasteiger partial charge in [0.05, 0.1) is 23.0 Å². The van der Waals surface area contributed by atoms with Gasteiger partial charge in [0.2, 0.25) is 21.7 Å². The van der Waals surface area contributed by atoms with E-state index in [9.17, 15) is 8.42 Å². The number of rotatable bonds is 7. The van der Waals surface area contributed by atoms with Crippen LogP contribution < -0.4 is 9.46 Å². The van der Waals surface area contributed by atoms with Crippen molar-refractivity contribution in [1.29, 1.82) is 0 Å². The molecule has 0 unspecified atom stereocenters. The lowest BCUT2D eigenvalue weighted by Crippen LogP contribution is -2.23. The Bertz CT molecular complexity index is 1060. The van der Waals surface area contributed by atoms with Crippen molar-refractivity contribution in [2.75, 3.05) is 7.11 Å². The summed E-state index contributed by atoms with van der Waals surface area (Å²) in [7, 11) is -2.23. The molecule has 0 aliphatic rings. The van der Waals surface area contributed by atoms with Gasteiger partial charge in [0, 0.05) is 5.56 Å². The van der Waals surface area contributed by atoms with Crippen LogP contribution in [0, 0.1) is 0 Å². The van der Waals surface area contributed by atoms with Crippen LogP contribution in [0.15, 0.2) is 56.4 Å². The number of nitrogens with one attached hydrogen (secondary N) is 1. The summed E-state index contributed by atoms with van der Waals surface area (Å²) in [5.41, 5.74) is 2.02. The van der Waals surface area contributed by atoms with Crippen LogP contribution in [-0.2, 0) is 16.6 Å². The molecule has 0 bridgehead atoms. The van der Waals surface area contributed by atoms with Gasteiger partial charge in [-0.2, -0.15) is 4.98 Å². The number of nitrogens with zero attached hydrogens (tertiary/aromatic N) is 2. The zero-order valence-corrected chi connectivity index (χ0v) is 18.0. The molecule has 0 amide bonds. The summed E-state index contributed by atoms with van der Waals surface area (Å²) in [6, 6.07) is 12.4. The van der Waals surface area contributed by atoms with Crippen molar-refractivity contribution in [2.24, 2.45) is 0 Å². The van der Waals surface area contributed by atoms with Crippen LogP contribution in [0.25, 0.3) is 11.4 Å². The Labute approximate surface area is 172 Å². The zero-order valence-electron chi connectivity index (χ0n) is 15.6. The van der Waals surface area contributed by atoms with Gasteiger partial charge in [0.25, 0.3) is 0 Å². The third-order valence-electron chi connectivity index (χ3n) is 4.15. The number of sulfonamides is 1. The van der Waals surface area contributed by atoms with Crippen LogP contribution in [-0.4, -0.2) is 25.7 Å². The molecular weight excluding hydrogens is 446 g/mol. The van der Waals surface area contributed by atoms with E-state index in [-0.39, 0.29) is 17.3 Å². The maximum absolute atomic E-state index is 12.5. The number of hydrogen-bond donors (Lipinski definition) is 1. The summed E-state index contributed by atoms with van der Waals surface area (Å²) in [6.45, 7) is 4.13. The van der Waals surface area contributed by atoms with Gasteiger partial charge in [-0.05, 0) is 45.6 Å². The van der Waals surface area contributed by atoms with Crippen molar-refractivity contribution < 1.29 is 17.7 Å². The Morgan fingerprint density at radius 3 is 2.50 bits per heavy atom. The van der Waals surface area contributed by atoms with Crippen LogP contribution in [0.1, 0.15) is 31.2 Å². The fraction of sp³-hybridized carbons (Fsp3) is 0.263. The molecule has 148 valence electrons. The van der Waals surface area contributed by atoms with E-state index in [0.717, 1.165) is 5.56 Å². The minimum atomic E-state index is -3.74. The van der Waals surface area contributed by atoms with Gasteiger partial charge in [-0.3, -0.25) is 0 Å². The van der Waals surface area contributed by atoms with Crippen LogP contribution in [0.3, 0.4) is 0 Å². The van der Waals surface area contributed by atoms with Crippen LogP contribution >= 0.6 is 15.9 Å². The highest BCUT2D eigenvalue weighted by Crippen LogP contribution is 2.27. The number of methoxy groups -OCH3 is 1. The fourth-order valence-corrected chi connectivity index (χ4v) is 4.21. The molecule has 9 heteroatoms. The lowest BCUT2D eigenvalue weighted by atomic mass is 10.0. The van der Waals surface area contributed by atoms with E-state index in [0.29, 0.717) is 22.0 Å². The molecule has 0 spiro atoms. The Morgan fingerprint density at radius 2 is 1.89 bits per heavy atom. The van der Waals surface area contributed by atoms with Gasteiger partial charge in [-0.25, -0.2) is 13.1 Å². The predicted octanol–water partition coefficient (Wildman–Crippen LogP) is 4.11. The maximum atomic E-state index is 12.5. The van der Waals surface area contributed by atoms with E-state index < -0.39 is 10.0 Å². The number of benzene rings is 2. The first-order chi connectivity index (χ1) is 13.3. The van der Waals surface area contributed by atoms with Gasteiger partial charge in [0.15, 0.2) is 0 Å². The Kier molecular flexibility index (Phi) is 6.17. The van der Waals surface area contributed by atoms with Crippen molar-refractivity contribution in [2.45, 2.75) is 31.2 Å². The van der Waals surface area contributed by atoms with Gasteiger partial charge < -0.3 is 9.26 Å². The molecule has 28 heavy (non-hydrogen) atoms. The molecule has 0 saturated carbocycles. The fourth-order valence-electron chi connectivity index (χ4n) is 2.52. The quantitative estimate of drug-likeness (QED) is 0.563. The Hall–Kier alpha value is -2.23. The number of ether oxygens (including phenoxy) is 1. The summed E-state index contributed by atoms with van der Waals surface area (Å²) < 4.78 is 38.2. The highest BCUT2D eigenvalue weighted by atomic mass is 79.9. The molecule has 0 fully saturated rings. The zero-order chi connectivity index (χ0) is 20.3. The topological polar surface area (TPSA) is 94.3 Å². The van der Waals surface area contributed by atoms with Crippen LogP contribution in [0.2, 0.25) is 0 Å². The molecule has 2 aromatic carbocycles. The van der Waals surface area contributed by atoms with E-state index in [4.69, 9.17) is 9.26 Å². The lowest BCUT2D eigenvalue weighted by molar-refractivity contribution is 0.376. The summed E-state index contributed by atoms with van der Waals surface area (Å²) in [5.74, 6) is 1.57. The monoisotopic (exact) mass is 465 g/mol. The molecule has 0 aliphatic heterocycles. The normalized spacial score (nSPS) is 11.8. The van der Waals surface area contributed by atoms with E-state index in [2.05, 4.69) is 44.6 Å². The summed E-state index contributed by atoms with van der Waals surface area (Å²) in [5, 5.41) is 3.93. The molecule has 1 aromatic heterocycles. The van der Waals surface area contributed by atoms with E-state index in [1.807, 2.05) is 24.3 Å². The average Bonchev–Trinajstić information content (AvgIpc) is 3.15. The maximum Gasteiger partial charge on any atom is 0.242 e. The summed E-state index contributed by atoms with van der Waals surface area (Å²) in [4.78, 5) is 4.36. The van der Waals surface area contributed by atoms with Crippen molar-refractivity contribution >= 4 is 26.0 Å². The summed E-state index contributed by atoms with van der Waals surface area (Å²) in [6.07, 6.45) is 0. The molecule has 0 aliphatic carbocycles. The molecular formula is C19H20BrN3O4S. The highest BCUT2D eigenvalue weighted by molar-refractivity contribution is 9.10. The highest BCUT2D eigenvalue weighted by Gasteiger charge is 2.18. The molecule has 0 radical (unpaired) electrons. The molecule has 3 rings (SSSR count). The average molecular weight is 466 g/mol. The minimum absolute atomic E-state index is 0.101. The Morgan fingerprint density at radius 1 is 1.18 bits per heavy atom. The van der Waals surface area contributed by atoms with Crippen LogP contribution in [0.4, 0.5) is 0 Å². The van der Waals surface area contributed by atoms with Gasteiger partial charge in [-0.1, -0.05) is 43.3 Å².